The molecule has 1 saturated heterocycles. The number of aliphatic hydroxyl groups is 4. The van der Waals surface area contributed by atoms with Crippen LogP contribution in [0.3, 0.4) is 0 Å². The molecule has 2 aromatic heterocycles. The van der Waals surface area contributed by atoms with Crippen molar-refractivity contribution in [1.82, 2.24) is 9.97 Å². The SMILES string of the molecule is Cc1cnc(C(=O)C(O)COC2OC(C)C(O)C(O)C2O)c2[nH]c3ccccc3c12. The summed E-state index contributed by atoms with van der Waals surface area (Å²) in [5, 5.41) is 41.8. The summed E-state index contributed by atoms with van der Waals surface area (Å²) in [6, 6.07) is 7.62. The van der Waals surface area contributed by atoms with Crippen LogP contribution in [0.5, 0.6) is 0 Å². The monoisotopic (exact) mass is 416 g/mol. The number of nitrogens with zero attached hydrogens (tertiary/aromatic N) is 1. The predicted molar refractivity (Wildman–Crippen MR) is 107 cm³/mol. The number of pyridine rings is 1. The first-order valence-corrected chi connectivity index (χ1v) is 9.69. The van der Waals surface area contributed by atoms with Crippen LogP contribution in [0.1, 0.15) is 23.0 Å². The lowest BCUT2D eigenvalue weighted by molar-refractivity contribution is -0.295. The summed E-state index contributed by atoms with van der Waals surface area (Å²) in [5.41, 5.74) is 2.35. The van der Waals surface area contributed by atoms with Crippen LogP contribution < -0.4 is 0 Å². The minimum atomic E-state index is -1.56. The highest BCUT2D eigenvalue weighted by molar-refractivity contribution is 6.16. The number of nitrogens with one attached hydrogen (secondary N) is 1. The molecule has 4 rings (SSSR count). The van der Waals surface area contributed by atoms with Crippen LogP contribution >= 0.6 is 0 Å². The summed E-state index contributed by atoms with van der Waals surface area (Å²) < 4.78 is 10.6. The number of aryl methyl sites for hydroxylation is 1. The number of hydrogen-bond acceptors (Lipinski definition) is 8. The van der Waals surface area contributed by atoms with Crippen LogP contribution in [0.25, 0.3) is 21.8 Å². The van der Waals surface area contributed by atoms with E-state index in [9.17, 15) is 25.2 Å². The number of aromatic amines is 1. The van der Waals surface area contributed by atoms with Crippen LogP contribution in [-0.2, 0) is 9.47 Å². The molecule has 1 aliphatic heterocycles. The Balaban J connectivity index is 1.55. The Morgan fingerprint density at radius 2 is 1.97 bits per heavy atom. The van der Waals surface area contributed by atoms with Crippen molar-refractivity contribution in [1.29, 1.82) is 0 Å². The van der Waals surface area contributed by atoms with Crippen LogP contribution in [0.2, 0.25) is 0 Å². The summed E-state index contributed by atoms with van der Waals surface area (Å²) in [6.45, 7) is 2.93. The number of aromatic nitrogens is 2. The number of Topliss-reactive ketones (excluding diaryl/α,β-unsaturated/α-hetero) is 1. The first kappa shape index (κ1) is 20.9. The quantitative estimate of drug-likeness (QED) is 0.376. The van der Waals surface area contributed by atoms with E-state index in [1.165, 1.54) is 6.92 Å². The number of ether oxygens (including phenoxy) is 2. The smallest absolute Gasteiger partial charge is 0.214 e. The lowest BCUT2D eigenvalue weighted by atomic mass is 10.00. The van der Waals surface area contributed by atoms with Gasteiger partial charge in [-0.05, 0) is 25.5 Å². The molecule has 1 fully saturated rings. The number of benzene rings is 1. The minimum Gasteiger partial charge on any atom is -0.388 e. The van der Waals surface area contributed by atoms with E-state index in [2.05, 4.69) is 9.97 Å². The van der Waals surface area contributed by atoms with Gasteiger partial charge in [0.15, 0.2) is 6.29 Å². The molecule has 0 amide bonds. The molecule has 3 heterocycles. The highest BCUT2D eigenvalue weighted by atomic mass is 16.7. The van der Waals surface area contributed by atoms with Gasteiger partial charge < -0.3 is 34.9 Å². The van der Waals surface area contributed by atoms with Crippen molar-refractivity contribution in [3.05, 3.63) is 41.7 Å². The average molecular weight is 416 g/mol. The first-order valence-electron chi connectivity index (χ1n) is 9.69. The van der Waals surface area contributed by atoms with E-state index in [0.717, 1.165) is 21.9 Å². The zero-order valence-corrected chi connectivity index (χ0v) is 16.5. The van der Waals surface area contributed by atoms with Crippen molar-refractivity contribution in [3.8, 4) is 0 Å². The van der Waals surface area contributed by atoms with E-state index in [-0.39, 0.29) is 5.69 Å². The molecule has 0 bridgehead atoms. The summed E-state index contributed by atoms with van der Waals surface area (Å²) in [5.74, 6) is -0.648. The maximum Gasteiger partial charge on any atom is 0.214 e. The maximum absolute atomic E-state index is 12.9. The topological polar surface area (TPSA) is 145 Å². The number of fused-ring (bicyclic) bond motifs is 3. The fraction of sp³-hybridized carbons (Fsp3) is 0.429. The van der Waals surface area contributed by atoms with Crippen molar-refractivity contribution in [3.63, 3.8) is 0 Å². The zero-order valence-electron chi connectivity index (χ0n) is 16.5. The van der Waals surface area contributed by atoms with Gasteiger partial charge in [0.1, 0.15) is 30.1 Å². The molecular formula is C21H24N2O7. The molecule has 30 heavy (non-hydrogen) atoms. The van der Waals surface area contributed by atoms with Crippen molar-refractivity contribution >= 4 is 27.6 Å². The third kappa shape index (κ3) is 3.49. The van der Waals surface area contributed by atoms with Gasteiger partial charge in [0.25, 0.3) is 0 Å². The maximum atomic E-state index is 12.9. The van der Waals surface area contributed by atoms with Gasteiger partial charge in [-0.2, -0.15) is 0 Å². The van der Waals surface area contributed by atoms with E-state index in [1.54, 1.807) is 6.20 Å². The lowest BCUT2D eigenvalue weighted by Gasteiger charge is -2.39. The van der Waals surface area contributed by atoms with Gasteiger partial charge in [0, 0.05) is 22.5 Å². The Bertz CT molecular complexity index is 1080. The Hall–Kier alpha value is -2.40. The van der Waals surface area contributed by atoms with E-state index in [4.69, 9.17) is 9.47 Å². The van der Waals surface area contributed by atoms with Crippen LogP contribution in [-0.4, -0.2) is 79.6 Å². The van der Waals surface area contributed by atoms with E-state index >= 15 is 0 Å². The van der Waals surface area contributed by atoms with E-state index < -0.39 is 49.2 Å². The average Bonchev–Trinajstić information content (AvgIpc) is 3.13. The molecule has 6 atom stereocenters. The van der Waals surface area contributed by atoms with Gasteiger partial charge in [-0.1, -0.05) is 18.2 Å². The fourth-order valence-electron chi connectivity index (χ4n) is 3.78. The van der Waals surface area contributed by atoms with Gasteiger partial charge in [0.05, 0.1) is 18.2 Å². The molecule has 1 aliphatic rings. The Morgan fingerprint density at radius 3 is 2.73 bits per heavy atom. The minimum absolute atomic E-state index is 0.0804. The van der Waals surface area contributed by atoms with Crippen LogP contribution in [0.4, 0.5) is 0 Å². The summed E-state index contributed by atoms with van der Waals surface area (Å²) >= 11 is 0. The van der Waals surface area contributed by atoms with Crippen molar-refractivity contribution in [2.75, 3.05) is 6.61 Å². The van der Waals surface area contributed by atoms with Gasteiger partial charge in [-0.15, -0.1) is 0 Å². The number of aliphatic hydroxyl groups excluding tert-OH is 4. The van der Waals surface area contributed by atoms with Gasteiger partial charge in [-0.3, -0.25) is 9.78 Å². The Kier molecular flexibility index (Phi) is 5.58. The molecule has 0 aliphatic carbocycles. The lowest BCUT2D eigenvalue weighted by Crippen LogP contribution is -2.57. The highest BCUT2D eigenvalue weighted by Gasteiger charge is 2.42. The molecule has 6 unspecified atom stereocenters. The second-order valence-electron chi connectivity index (χ2n) is 7.61. The molecule has 0 spiro atoms. The largest absolute Gasteiger partial charge is 0.388 e. The van der Waals surface area contributed by atoms with Crippen LogP contribution in [0, 0.1) is 6.92 Å². The van der Waals surface area contributed by atoms with Gasteiger partial charge >= 0.3 is 0 Å². The Labute approximate surface area is 171 Å². The number of para-hydroxylation sites is 1. The second-order valence-corrected chi connectivity index (χ2v) is 7.61. The standard InChI is InChI=1S/C21H24N2O7/c1-9-7-22-16(15-14(9)11-5-3-4-6-12(11)23-15)18(26)13(24)8-29-21-20(28)19(27)17(25)10(2)30-21/h3-7,10,13,17,19-21,23-25,27-28H,8H2,1-2H3. The molecule has 1 aromatic carbocycles. The number of rotatable bonds is 5. The van der Waals surface area contributed by atoms with Crippen molar-refractivity contribution < 1.29 is 34.7 Å². The first-order chi connectivity index (χ1) is 14.3. The summed E-state index contributed by atoms with van der Waals surface area (Å²) in [6.07, 6.45) is -6.31. The highest BCUT2D eigenvalue weighted by Crippen LogP contribution is 2.30. The normalized spacial score (nSPS) is 28.1. The Morgan fingerprint density at radius 1 is 1.23 bits per heavy atom. The third-order valence-corrected chi connectivity index (χ3v) is 5.49. The van der Waals surface area contributed by atoms with E-state index in [0.29, 0.717) is 5.52 Å². The second kappa shape index (κ2) is 8.03. The molecular weight excluding hydrogens is 392 g/mol. The zero-order chi connectivity index (χ0) is 21.6. The molecule has 5 N–H and O–H groups in total. The van der Waals surface area contributed by atoms with Gasteiger partial charge in [0.2, 0.25) is 5.78 Å². The predicted octanol–water partition coefficient (Wildman–Crippen LogP) is 0.412. The third-order valence-electron chi connectivity index (χ3n) is 5.49. The summed E-state index contributed by atoms with van der Waals surface area (Å²) in [4.78, 5) is 20.3. The number of H-pyrrole nitrogens is 1. The molecule has 9 nitrogen and oxygen atoms in total. The number of carbonyl (C=O) groups excluding carboxylic acids is 1. The number of hydrogen-bond donors (Lipinski definition) is 5. The molecule has 0 radical (unpaired) electrons. The number of ketones is 1. The van der Waals surface area contributed by atoms with Crippen LogP contribution in [0.15, 0.2) is 30.5 Å². The van der Waals surface area contributed by atoms with Crippen molar-refractivity contribution in [2.24, 2.45) is 0 Å². The molecule has 9 heteroatoms. The van der Waals surface area contributed by atoms with E-state index in [1.807, 2.05) is 31.2 Å². The van der Waals surface area contributed by atoms with Crippen molar-refractivity contribution in [2.45, 2.75) is 50.7 Å². The molecule has 160 valence electrons. The molecule has 0 saturated carbocycles. The number of carbonyl (C=O) groups is 1. The molecule has 3 aromatic rings. The van der Waals surface area contributed by atoms with Gasteiger partial charge in [-0.25, -0.2) is 0 Å². The summed E-state index contributed by atoms with van der Waals surface area (Å²) in [7, 11) is 0. The fourth-order valence-corrected chi connectivity index (χ4v) is 3.78.